The number of fused-ring (bicyclic) bond motifs is 1. The lowest BCUT2D eigenvalue weighted by atomic mass is 9.91. The van der Waals surface area contributed by atoms with Gasteiger partial charge in [0, 0.05) is 66.9 Å². The number of pyridine rings is 2. The van der Waals surface area contributed by atoms with E-state index in [9.17, 15) is 0 Å². The van der Waals surface area contributed by atoms with E-state index in [2.05, 4.69) is 38.4 Å². The Labute approximate surface area is 236 Å². The number of H-pyrrole nitrogens is 1. The van der Waals surface area contributed by atoms with Gasteiger partial charge in [-0.05, 0) is 38.5 Å². The van der Waals surface area contributed by atoms with E-state index in [1.807, 2.05) is 31.3 Å². The highest BCUT2D eigenvalue weighted by Gasteiger charge is 2.41. The second-order valence-electron chi connectivity index (χ2n) is 10.4. The standard InChI is InChI=1S/C28H30Cl2N6O3/c1-16(26-20(29)11-31-12-21(26)30)39-24-8-19-22(9-23(24)37-3)34-35-27(19)17-4-5-25(32-10-17)36-14-28(2,15-36)33-18-6-7-38-13-18/h4-5,8-12,16,18,33H,6-7,13-15H2,1-3H3,(H,34,35)/t16-,18+/m1/s1. The predicted octanol–water partition coefficient (Wildman–Crippen LogP) is 5.43. The molecule has 5 heterocycles. The van der Waals surface area contributed by atoms with Crippen molar-refractivity contribution in [2.45, 2.75) is 38.0 Å². The van der Waals surface area contributed by atoms with Gasteiger partial charge in [-0.25, -0.2) is 4.98 Å². The molecule has 2 aliphatic rings. The number of aromatic nitrogens is 4. The summed E-state index contributed by atoms with van der Waals surface area (Å²) >= 11 is 12.7. The Balaban J connectivity index is 1.22. The molecule has 2 N–H and O–H groups in total. The predicted molar refractivity (Wildman–Crippen MR) is 152 cm³/mol. The highest BCUT2D eigenvalue weighted by atomic mass is 35.5. The Kier molecular flexibility index (Phi) is 7.01. The summed E-state index contributed by atoms with van der Waals surface area (Å²) < 4.78 is 17.4. The average molecular weight is 569 g/mol. The highest BCUT2D eigenvalue weighted by molar-refractivity contribution is 6.35. The van der Waals surface area contributed by atoms with Crippen molar-refractivity contribution in [3.63, 3.8) is 0 Å². The van der Waals surface area contributed by atoms with Crippen LogP contribution in [0.4, 0.5) is 5.82 Å². The molecule has 0 radical (unpaired) electrons. The topological polar surface area (TPSA) is 97.4 Å². The van der Waals surface area contributed by atoms with E-state index in [-0.39, 0.29) is 5.54 Å². The number of nitrogens with zero attached hydrogens (tertiary/aromatic N) is 4. The number of halogens is 2. The SMILES string of the molecule is COc1cc2[nH]nc(-c3ccc(N4CC(C)(N[C@H]5CCOC5)C4)nc3)c2cc1O[C@H](C)c1c(Cl)cncc1Cl. The maximum atomic E-state index is 6.36. The van der Waals surface area contributed by atoms with E-state index in [1.165, 1.54) is 0 Å². The van der Waals surface area contributed by atoms with E-state index in [1.54, 1.807) is 19.5 Å². The van der Waals surface area contributed by atoms with Gasteiger partial charge in [-0.2, -0.15) is 5.10 Å². The molecule has 0 unspecified atom stereocenters. The molecular weight excluding hydrogens is 539 g/mol. The molecular formula is C28H30Cl2N6O3. The van der Waals surface area contributed by atoms with E-state index in [0.717, 1.165) is 60.7 Å². The second kappa shape index (κ2) is 10.5. The molecule has 2 fully saturated rings. The van der Waals surface area contributed by atoms with Crippen LogP contribution in [0.1, 0.15) is 31.9 Å². The Morgan fingerprint density at radius 1 is 1.15 bits per heavy atom. The lowest BCUT2D eigenvalue weighted by Gasteiger charge is -2.50. The molecule has 11 heteroatoms. The molecule has 39 heavy (non-hydrogen) atoms. The zero-order valence-corrected chi connectivity index (χ0v) is 23.5. The number of methoxy groups -OCH3 is 1. The van der Waals surface area contributed by atoms with Crippen LogP contribution >= 0.6 is 23.2 Å². The molecule has 3 aromatic heterocycles. The third-order valence-electron chi connectivity index (χ3n) is 7.35. The maximum Gasteiger partial charge on any atom is 0.162 e. The van der Waals surface area contributed by atoms with Gasteiger partial charge in [0.15, 0.2) is 11.5 Å². The summed E-state index contributed by atoms with van der Waals surface area (Å²) in [6, 6.07) is 8.32. The molecule has 0 aliphatic carbocycles. The molecule has 0 spiro atoms. The van der Waals surface area contributed by atoms with Crippen molar-refractivity contribution in [1.29, 1.82) is 0 Å². The van der Waals surface area contributed by atoms with Gasteiger partial charge in [0.2, 0.25) is 0 Å². The van der Waals surface area contributed by atoms with E-state index < -0.39 is 6.10 Å². The van der Waals surface area contributed by atoms with Crippen molar-refractivity contribution in [1.82, 2.24) is 25.5 Å². The molecule has 0 saturated carbocycles. The molecule has 0 bridgehead atoms. The van der Waals surface area contributed by atoms with Crippen molar-refractivity contribution >= 4 is 39.9 Å². The van der Waals surface area contributed by atoms with E-state index in [0.29, 0.717) is 33.1 Å². The number of ether oxygens (including phenoxy) is 3. The van der Waals surface area contributed by atoms with Crippen molar-refractivity contribution in [3.8, 4) is 22.8 Å². The number of hydrogen-bond acceptors (Lipinski definition) is 8. The summed E-state index contributed by atoms with van der Waals surface area (Å²) in [7, 11) is 1.60. The van der Waals surface area contributed by atoms with Gasteiger partial charge in [-0.3, -0.25) is 10.1 Å². The zero-order valence-electron chi connectivity index (χ0n) is 22.0. The van der Waals surface area contributed by atoms with Crippen LogP contribution in [-0.2, 0) is 4.74 Å². The normalized spacial score (nSPS) is 19.2. The van der Waals surface area contributed by atoms with Crippen molar-refractivity contribution in [3.05, 3.63) is 58.5 Å². The lowest BCUT2D eigenvalue weighted by molar-refractivity contribution is 0.175. The summed E-state index contributed by atoms with van der Waals surface area (Å²) in [6.45, 7) is 7.60. The summed E-state index contributed by atoms with van der Waals surface area (Å²) in [5.74, 6) is 2.07. The van der Waals surface area contributed by atoms with Gasteiger partial charge in [0.05, 0.1) is 34.8 Å². The van der Waals surface area contributed by atoms with E-state index in [4.69, 9.17) is 42.4 Å². The fourth-order valence-electron chi connectivity index (χ4n) is 5.46. The Morgan fingerprint density at radius 3 is 2.62 bits per heavy atom. The lowest BCUT2D eigenvalue weighted by Crippen LogP contribution is -2.69. The largest absolute Gasteiger partial charge is 0.493 e. The molecule has 1 aromatic carbocycles. The van der Waals surface area contributed by atoms with Crippen LogP contribution in [0.3, 0.4) is 0 Å². The number of hydrogen-bond donors (Lipinski definition) is 2. The van der Waals surface area contributed by atoms with Gasteiger partial charge >= 0.3 is 0 Å². The minimum Gasteiger partial charge on any atom is -0.493 e. The molecule has 0 amide bonds. The summed E-state index contributed by atoms with van der Waals surface area (Å²) in [5.41, 5.74) is 3.25. The first-order valence-corrected chi connectivity index (χ1v) is 13.7. The summed E-state index contributed by atoms with van der Waals surface area (Å²) in [6.07, 6.45) is 5.60. The maximum absolute atomic E-state index is 6.36. The molecule has 2 saturated heterocycles. The third kappa shape index (κ3) is 5.12. The van der Waals surface area contributed by atoms with E-state index >= 15 is 0 Å². The number of benzene rings is 1. The molecule has 204 valence electrons. The molecule has 9 nitrogen and oxygen atoms in total. The molecule has 6 rings (SSSR count). The number of nitrogens with one attached hydrogen (secondary N) is 2. The van der Waals surface area contributed by atoms with Crippen molar-refractivity contribution in [2.75, 3.05) is 38.3 Å². The molecule has 2 atom stereocenters. The quantitative estimate of drug-likeness (QED) is 0.290. The van der Waals surface area contributed by atoms with Gasteiger partial charge in [0.1, 0.15) is 17.6 Å². The first-order chi connectivity index (χ1) is 18.8. The fourth-order valence-corrected chi connectivity index (χ4v) is 6.13. The van der Waals surface area contributed by atoms with Crippen LogP contribution in [0.15, 0.2) is 42.9 Å². The number of anilines is 1. The van der Waals surface area contributed by atoms with Crippen LogP contribution in [0.25, 0.3) is 22.2 Å². The Hall–Kier alpha value is -3.11. The molecule has 2 aliphatic heterocycles. The van der Waals surface area contributed by atoms with Gasteiger partial charge in [-0.1, -0.05) is 23.2 Å². The fraction of sp³-hybridized carbons (Fsp3) is 0.393. The van der Waals surface area contributed by atoms with Crippen LogP contribution < -0.4 is 19.7 Å². The third-order valence-corrected chi connectivity index (χ3v) is 7.96. The van der Waals surface area contributed by atoms with Crippen LogP contribution in [-0.4, -0.2) is 65.2 Å². The van der Waals surface area contributed by atoms with Crippen molar-refractivity contribution < 1.29 is 14.2 Å². The smallest absolute Gasteiger partial charge is 0.162 e. The van der Waals surface area contributed by atoms with Gasteiger partial charge in [0.25, 0.3) is 0 Å². The molecule has 4 aromatic rings. The van der Waals surface area contributed by atoms with Gasteiger partial charge < -0.3 is 24.4 Å². The van der Waals surface area contributed by atoms with Crippen LogP contribution in [0, 0.1) is 0 Å². The number of aromatic amines is 1. The monoisotopic (exact) mass is 568 g/mol. The second-order valence-corrected chi connectivity index (χ2v) is 11.2. The van der Waals surface area contributed by atoms with Crippen LogP contribution in [0.2, 0.25) is 10.0 Å². The average Bonchev–Trinajstić information content (AvgIpc) is 3.56. The Bertz CT molecular complexity index is 1460. The van der Waals surface area contributed by atoms with Crippen molar-refractivity contribution in [2.24, 2.45) is 0 Å². The zero-order chi connectivity index (χ0) is 27.1. The minimum atomic E-state index is -0.437. The first-order valence-electron chi connectivity index (χ1n) is 12.9. The minimum absolute atomic E-state index is 0.0778. The van der Waals surface area contributed by atoms with Gasteiger partial charge in [-0.15, -0.1) is 0 Å². The number of rotatable bonds is 8. The van der Waals surface area contributed by atoms with Crippen LogP contribution in [0.5, 0.6) is 11.5 Å². The summed E-state index contributed by atoms with van der Waals surface area (Å²) in [5, 5.41) is 13.2. The first kappa shape index (κ1) is 26.1. The summed E-state index contributed by atoms with van der Waals surface area (Å²) in [4.78, 5) is 11.1. The highest BCUT2D eigenvalue weighted by Crippen LogP contribution is 2.40. The Morgan fingerprint density at radius 2 is 1.95 bits per heavy atom.